The van der Waals surface area contributed by atoms with E-state index in [2.05, 4.69) is 15.7 Å². The zero-order chi connectivity index (χ0) is 16.0. The van der Waals surface area contributed by atoms with E-state index >= 15 is 0 Å². The van der Waals surface area contributed by atoms with Gasteiger partial charge in [0.15, 0.2) is 0 Å². The first-order valence-corrected chi connectivity index (χ1v) is 7.18. The van der Waals surface area contributed by atoms with Gasteiger partial charge in [-0.25, -0.2) is 0 Å². The first kappa shape index (κ1) is 19.3. The van der Waals surface area contributed by atoms with E-state index in [9.17, 15) is 14.9 Å². The van der Waals surface area contributed by atoms with Gasteiger partial charge in [0.25, 0.3) is 0 Å². The van der Waals surface area contributed by atoms with Crippen LogP contribution in [0.3, 0.4) is 0 Å². The summed E-state index contributed by atoms with van der Waals surface area (Å²) in [6.45, 7) is 2.91. The number of piperidine rings is 1. The molecule has 1 aliphatic heterocycles. The maximum Gasteiger partial charge on any atom is 0.307 e. The monoisotopic (exact) mass is 347 g/mol. The molecule has 0 atom stereocenters. The smallest absolute Gasteiger partial charge is 0.307 e. The topological polar surface area (TPSA) is 111 Å². The average molecular weight is 348 g/mol. The van der Waals surface area contributed by atoms with Crippen LogP contribution in [-0.2, 0) is 16.1 Å². The minimum Gasteiger partial charge on any atom is -0.384 e. The fraction of sp³-hybridized carbons (Fsp3) is 0.692. The predicted octanol–water partition coefficient (Wildman–Crippen LogP) is 0.346. The van der Waals surface area contributed by atoms with Gasteiger partial charge in [-0.3, -0.25) is 19.6 Å². The Bertz CT molecular complexity index is 525. The number of carbonyl (C=O) groups excluding carboxylic acids is 1. The summed E-state index contributed by atoms with van der Waals surface area (Å²) in [5.74, 6) is -0.216. The largest absolute Gasteiger partial charge is 0.384 e. The van der Waals surface area contributed by atoms with E-state index in [1.807, 2.05) is 0 Å². The Morgan fingerprint density at radius 1 is 1.57 bits per heavy atom. The van der Waals surface area contributed by atoms with Crippen molar-refractivity contribution in [3.05, 3.63) is 22.5 Å². The molecule has 0 saturated carbocycles. The van der Waals surface area contributed by atoms with Gasteiger partial charge in [-0.15, -0.1) is 12.4 Å². The molecule has 2 rings (SSSR count). The molecule has 1 aromatic rings. The number of methoxy groups -OCH3 is 1. The lowest BCUT2D eigenvalue weighted by Gasteiger charge is -2.37. The molecule has 10 heteroatoms. The minimum atomic E-state index is -0.538. The molecule has 1 fully saturated rings. The van der Waals surface area contributed by atoms with Gasteiger partial charge in [-0.2, -0.15) is 5.10 Å². The number of hydrogen-bond donors (Lipinski definition) is 2. The van der Waals surface area contributed by atoms with Gasteiger partial charge in [0.05, 0.1) is 11.5 Å². The van der Waals surface area contributed by atoms with Crippen molar-refractivity contribution in [2.45, 2.75) is 19.4 Å². The highest BCUT2D eigenvalue weighted by Gasteiger charge is 2.32. The second-order valence-electron chi connectivity index (χ2n) is 5.61. The summed E-state index contributed by atoms with van der Waals surface area (Å²) in [5.41, 5.74) is -0.173. The fourth-order valence-corrected chi connectivity index (χ4v) is 2.66. The van der Waals surface area contributed by atoms with Crippen LogP contribution in [0.2, 0.25) is 0 Å². The quantitative estimate of drug-likeness (QED) is 0.543. The molecule has 0 aromatic carbocycles. The number of aromatic nitrogens is 2. The number of nitro groups is 1. The Labute approximate surface area is 140 Å². The number of rotatable bonds is 7. The Hall–Kier alpha value is -1.71. The first-order chi connectivity index (χ1) is 10.5. The Kier molecular flexibility index (Phi) is 7.40. The minimum absolute atomic E-state index is 0. The molecule has 0 radical (unpaired) electrons. The summed E-state index contributed by atoms with van der Waals surface area (Å²) in [6.07, 6.45) is 4.25. The van der Waals surface area contributed by atoms with Crippen molar-refractivity contribution < 1.29 is 14.5 Å². The van der Waals surface area contributed by atoms with Crippen LogP contribution in [-0.4, -0.2) is 54.0 Å². The molecule has 23 heavy (non-hydrogen) atoms. The van der Waals surface area contributed by atoms with Crippen molar-refractivity contribution in [3.8, 4) is 0 Å². The standard InChI is InChI=1S/C13H21N5O4.ClH/c1-22-10-13(2-4-14-5-3-13)9-15-12(19)8-17-7-11(6-16-17)18(20)21;/h6-7,14H,2-5,8-10H2,1H3,(H,15,19);1H. The highest BCUT2D eigenvalue weighted by atomic mass is 35.5. The second kappa shape index (κ2) is 8.80. The van der Waals surface area contributed by atoms with E-state index < -0.39 is 4.92 Å². The molecule has 1 aromatic heterocycles. The molecule has 130 valence electrons. The molecule has 0 aliphatic carbocycles. The molecule has 2 heterocycles. The van der Waals surface area contributed by atoms with Gasteiger partial charge in [0.2, 0.25) is 5.91 Å². The van der Waals surface area contributed by atoms with Crippen molar-refractivity contribution in [2.24, 2.45) is 5.41 Å². The number of nitrogens with zero attached hydrogens (tertiary/aromatic N) is 3. The van der Waals surface area contributed by atoms with Gasteiger partial charge < -0.3 is 15.4 Å². The number of carbonyl (C=O) groups is 1. The van der Waals surface area contributed by atoms with Crippen LogP contribution in [0.25, 0.3) is 0 Å². The van der Waals surface area contributed by atoms with E-state index in [1.54, 1.807) is 7.11 Å². The van der Waals surface area contributed by atoms with Crippen molar-refractivity contribution in [1.82, 2.24) is 20.4 Å². The van der Waals surface area contributed by atoms with Crippen molar-refractivity contribution in [3.63, 3.8) is 0 Å². The Balaban J connectivity index is 0.00000264. The van der Waals surface area contributed by atoms with Gasteiger partial charge >= 0.3 is 5.69 Å². The maximum absolute atomic E-state index is 12.0. The Morgan fingerprint density at radius 3 is 2.83 bits per heavy atom. The summed E-state index contributed by atoms with van der Waals surface area (Å²) in [5, 5.41) is 20.6. The number of halogens is 1. The van der Waals surface area contributed by atoms with E-state index in [4.69, 9.17) is 4.74 Å². The van der Waals surface area contributed by atoms with Crippen LogP contribution in [0.4, 0.5) is 5.69 Å². The molecule has 1 saturated heterocycles. The lowest BCUT2D eigenvalue weighted by atomic mass is 9.79. The van der Waals surface area contributed by atoms with Crippen LogP contribution >= 0.6 is 12.4 Å². The predicted molar refractivity (Wildman–Crippen MR) is 85.6 cm³/mol. The average Bonchev–Trinajstić information content (AvgIpc) is 2.95. The summed E-state index contributed by atoms with van der Waals surface area (Å²) in [4.78, 5) is 22.0. The van der Waals surface area contributed by atoms with Crippen molar-refractivity contribution in [2.75, 3.05) is 33.4 Å². The Morgan fingerprint density at radius 2 is 2.26 bits per heavy atom. The van der Waals surface area contributed by atoms with E-state index in [0.29, 0.717) is 13.2 Å². The third-order valence-electron chi connectivity index (χ3n) is 3.91. The van der Waals surface area contributed by atoms with Crippen molar-refractivity contribution in [1.29, 1.82) is 0 Å². The molecule has 9 nitrogen and oxygen atoms in total. The number of nitrogens with one attached hydrogen (secondary N) is 2. The summed E-state index contributed by atoms with van der Waals surface area (Å²) >= 11 is 0. The third kappa shape index (κ3) is 5.45. The lowest BCUT2D eigenvalue weighted by molar-refractivity contribution is -0.385. The fourth-order valence-electron chi connectivity index (χ4n) is 2.66. The third-order valence-corrected chi connectivity index (χ3v) is 3.91. The highest BCUT2D eigenvalue weighted by Crippen LogP contribution is 2.28. The van der Waals surface area contributed by atoms with E-state index in [1.165, 1.54) is 10.9 Å². The molecule has 0 bridgehead atoms. The van der Waals surface area contributed by atoms with E-state index in [0.717, 1.165) is 32.1 Å². The molecule has 0 spiro atoms. The SMILES string of the molecule is COCC1(CNC(=O)Cn2cc([N+](=O)[O-])cn2)CCNCC1.Cl. The lowest BCUT2D eigenvalue weighted by Crippen LogP contribution is -2.47. The summed E-state index contributed by atoms with van der Waals surface area (Å²) < 4.78 is 6.56. The summed E-state index contributed by atoms with van der Waals surface area (Å²) in [6, 6.07) is 0. The molecular weight excluding hydrogens is 326 g/mol. The zero-order valence-corrected chi connectivity index (χ0v) is 13.8. The molecular formula is C13H22ClN5O4. The molecule has 1 aliphatic rings. The number of amides is 1. The normalized spacial score (nSPS) is 16.4. The molecule has 0 unspecified atom stereocenters. The van der Waals surface area contributed by atoms with Crippen LogP contribution in [0, 0.1) is 15.5 Å². The van der Waals surface area contributed by atoms with Gasteiger partial charge in [-0.1, -0.05) is 0 Å². The van der Waals surface area contributed by atoms with Gasteiger partial charge in [0, 0.05) is 19.1 Å². The van der Waals surface area contributed by atoms with Crippen LogP contribution in [0.15, 0.2) is 12.4 Å². The molecule has 1 amide bonds. The summed E-state index contributed by atoms with van der Waals surface area (Å²) in [7, 11) is 1.66. The first-order valence-electron chi connectivity index (χ1n) is 7.18. The second-order valence-corrected chi connectivity index (χ2v) is 5.61. The van der Waals surface area contributed by atoms with E-state index in [-0.39, 0.29) is 36.0 Å². The number of ether oxygens (including phenoxy) is 1. The highest BCUT2D eigenvalue weighted by molar-refractivity contribution is 5.85. The maximum atomic E-state index is 12.0. The molecule has 2 N–H and O–H groups in total. The van der Waals surface area contributed by atoms with Crippen LogP contribution < -0.4 is 10.6 Å². The van der Waals surface area contributed by atoms with Crippen LogP contribution in [0.5, 0.6) is 0 Å². The van der Waals surface area contributed by atoms with Gasteiger partial charge in [-0.05, 0) is 25.9 Å². The van der Waals surface area contributed by atoms with Gasteiger partial charge in [0.1, 0.15) is 18.9 Å². The zero-order valence-electron chi connectivity index (χ0n) is 13.0. The van der Waals surface area contributed by atoms with Crippen molar-refractivity contribution >= 4 is 24.0 Å². The number of hydrogen-bond acceptors (Lipinski definition) is 6. The van der Waals surface area contributed by atoms with Crippen LogP contribution in [0.1, 0.15) is 12.8 Å².